The van der Waals surface area contributed by atoms with E-state index in [9.17, 15) is 4.79 Å². The second-order valence-electron chi connectivity index (χ2n) is 7.24. The van der Waals surface area contributed by atoms with Crippen molar-refractivity contribution in [2.24, 2.45) is 0 Å². The Morgan fingerprint density at radius 1 is 1.21 bits per heavy atom. The molecule has 1 atom stereocenters. The number of nitrogens with one attached hydrogen (secondary N) is 1. The van der Waals surface area contributed by atoms with E-state index < -0.39 is 0 Å². The quantitative estimate of drug-likeness (QED) is 0.628. The van der Waals surface area contributed by atoms with Gasteiger partial charge in [-0.05, 0) is 42.7 Å². The number of hydrogen-bond donors (Lipinski definition) is 1. The normalized spacial score (nSPS) is 15.7. The maximum absolute atomic E-state index is 12.3. The Hall–Kier alpha value is -2.08. The van der Waals surface area contributed by atoms with Crippen LogP contribution < -0.4 is 10.1 Å². The van der Waals surface area contributed by atoms with Crippen molar-refractivity contribution < 1.29 is 14.3 Å². The van der Waals surface area contributed by atoms with E-state index in [1.54, 1.807) is 0 Å². The summed E-state index contributed by atoms with van der Waals surface area (Å²) < 4.78 is 11.2. The summed E-state index contributed by atoms with van der Waals surface area (Å²) in [6.45, 7) is 6.27. The summed E-state index contributed by atoms with van der Waals surface area (Å²) in [5.41, 5.74) is 2.20. The second kappa shape index (κ2) is 11.2. The first kappa shape index (κ1) is 21.6. The Labute approximate surface area is 177 Å². The second-order valence-corrected chi connectivity index (χ2v) is 7.65. The van der Waals surface area contributed by atoms with Crippen molar-refractivity contribution in [2.45, 2.75) is 25.8 Å². The highest BCUT2D eigenvalue weighted by Crippen LogP contribution is 2.22. The molecule has 0 radical (unpaired) electrons. The summed E-state index contributed by atoms with van der Waals surface area (Å²) in [4.78, 5) is 14.7. The van der Waals surface area contributed by atoms with E-state index >= 15 is 0 Å². The van der Waals surface area contributed by atoms with Gasteiger partial charge in [-0.3, -0.25) is 9.69 Å². The zero-order valence-electron chi connectivity index (χ0n) is 16.9. The molecule has 2 aromatic rings. The van der Waals surface area contributed by atoms with E-state index in [-0.39, 0.29) is 11.9 Å². The van der Waals surface area contributed by atoms with Gasteiger partial charge in [0.2, 0.25) is 5.91 Å². The molecule has 1 aliphatic heterocycles. The zero-order chi connectivity index (χ0) is 20.5. The van der Waals surface area contributed by atoms with Gasteiger partial charge >= 0.3 is 0 Å². The molecule has 0 aromatic heterocycles. The molecule has 1 unspecified atom stereocenters. The van der Waals surface area contributed by atoms with Crippen LogP contribution in [0.2, 0.25) is 5.02 Å². The summed E-state index contributed by atoms with van der Waals surface area (Å²) in [7, 11) is 0. The molecule has 1 heterocycles. The number of benzene rings is 2. The zero-order valence-corrected chi connectivity index (χ0v) is 17.7. The number of ether oxygens (including phenoxy) is 2. The number of rotatable bonds is 9. The van der Waals surface area contributed by atoms with Gasteiger partial charge in [0.1, 0.15) is 5.75 Å². The average molecular weight is 417 g/mol. The Bertz CT molecular complexity index is 779. The lowest BCUT2D eigenvalue weighted by Crippen LogP contribution is -2.43. The highest BCUT2D eigenvalue weighted by atomic mass is 35.5. The highest BCUT2D eigenvalue weighted by molar-refractivity contribution is 6.31. The van der Waals surface area contributed by atoms with Crippen molar-refractivity contribution in [1.29, 1.82) is 0 Å². The smallest absolute Gasteiger partial charge is 0.220 e. The van der Waals surface area contributed by atoms with Crippen molar-refractivity contribution >= 4 is 17.5 Å². The van der Waals surface area contributed by atoms with E-state index in [2.05, 4.69) is 22.3 Å². The van der Waals surface area contributed by atoms with E-state index in [0.29, 0.717) is 26.0 Å². The van der Waals surface area contributed by atoms with Gasteiger partial charge in [-0.1, -0.05) is 41.9 Å². The van der Waals surface area contributed by atoms with Crippen LogP contribution in [-0.2, 0) is 9.53 Å². The first-order valence-electron chi connectivity index (χ1n) is 10.2. The van der Waals surface area contributed by atoms with Crippen molar-refractivity contribution in [3.05, 3.63) is 64.7 Å². The number of amides is 1. The van der Waals surface area contributed by atoms with Gasteiger partial charge in [-0.25, -0.2) is 0 Å². The van der Waals surface area contributed by atoms with Gasteiger partial charge in [-0.2, -0.15) is 0 Å². The molecule has 1 aliphatic rings. The maximum Gasteiger partial charge on any atom is 0.220 e. The van der Waals surface area contributed by atoms with Crippen LogP contribution in [0.4, 0.5) is 0 Å². The van der Waals surface area contributed by atoms with Crippen molar-refractivity contribution in [1.82, 2.24) is 10.2 Å². The monoisotopic (exact) mass is 416 g/mol. The molecule has 156 valence electrons. The Kier molecular flexibility index (Phi) is 8.35. The molecule has 3 rings (SSSR count). The fourth-order valence-electron chi connectivity index (χ4n) is 3.45. The maximum atomic E-state index is 12.3. The van der Waals surface area contributed by atoms with Crippen LogP contribution in [0.25, 0.3) is 0 Å². The number of hydrogen-bond acceptors (Lipinski definition) is 4. The molecule has 5 nitrogen and oxygen atoms in total. The van der Waals surface area contributed by atoms with Crippen LogP contribution >= 0.6 is 11.6 Å². The third-order valence-corrected chi connectivity index (χ3v) is 5.53. The van der Waals surface area contributed by atoms with Crippen LogP contribution in [0.15, 0.2) is 48.5 Å². The molecule has 6 heteroatoms. The predicted molar refractivity (Wildman–Crippen MR) is 116 cm³/mol. The molecular formula is C23H29ClN2O3. The first-order valence-corrected chi connectivity index (χ1v) is 10.5. The summed E-state index contributed by atoms with van der Waals surface area (Å²) in [5.74, 6) is 0.832. The minimum absolute atomic E-state index is 0.0510. The van der Waals surface area contributed by atoms with E-state index in [1.165, 1.54) is 5.56 Å². The van der Waals surface area contributed by atoms with Crippen LogP contribution in [0.3, 0.4) is 0 Å². The lowest BCUT2D eigenvalue weighted by atomic mass is 10.0. The third-order valence-electron chi connectivity index (χ3n) is 5.11. The van der Waals surface area contributed by atoms with Gasteiger partial charge < -0.3 is 14.8 Å². The third kappa shape index (κ3) is 6.74. The van der Waals surface area contributed by atoms with E-state index in [4.69, 9.17) is 21.1 Å². The number of aryl methyl sites for hydroxylation is 1. The van der Waals surface area contributed by atoms with Gasteiger partial charge in [0.05, 0.1) is 25.9 Å². The molecule has 29 heavy (non-hydrogen) atoms. The molecule has 0 saturated carbocycles. The molecule has 1 N–H and O–H groups in total. The summed E-state index contributed by atoms with van der Waals surface area (Å²) >= 11 is 6.03. The van der Waals surface area contributed by atoms with Crippen LogP contribution in [0.5, 0.6) is 5.75 Å². The minimum atomic E-state index is 0.0510. The van der Waals surface area contributed by atoms with Crippen molar-refractivity contribution in [3.63, 3.8) is 0 Å². The summed E-state index contributed by atoms with van der Waals surface area (Å²) in [6.07, 6.45) is 1.11. The molecule has 1 fully saturated rings. The molecular weight excluding hydrogens is 388 g/mol. The number of halogens is 1. The van der Waals surface area contributed by atoms with Crippen molar-refractivity contribution in [3.8, 4) is 5.75 Å². The number of morpholine rings is 1. The first-order chi connectivity index (χ1) is 14.1. The molecule has 0 bridgehead atoms. The lowest BCUT2D eigenvalue weighted by molar-refractivity contribution is -0.121. The lowest BCUT2D eigenvalue weighted by Gasteiger charge is -2.35. The summed E-state index contributed by atoms with van der Waals surface area (Å²) in [5, 5.41) is 3.83. The molecule has 1 saturated heterocycles. The molecule has 0 spiro atoms. The van der Waals surface area contributed by atoms with Gasteiger partial charge in [0.25, 0.3) is 0 Å². The number of nitrogens with zero attached hydrogens (tertiary/aromatic N) is 1. The standard InChI is InChI=1S/C23H29ClN2O3/c1-18-16-20(9-10-21(18)24)29-13-5-8-23(27)25-17-22(19-6-3-2-4-7-19)26-11-14-28-15-12-26/h2-4,6-7,9-10,16,22H,5,8,11-15,17H2,1H3,(H,25,27). The van der Waals surface area contributed by atoms with E-state index in [0.717, 1.165) is 42.6 Å². The van der Waals surface area contributed by atoms with Crippen LogP contribution in [0.1, 0.15) is 30.0 Å². The highest BCUT2D eigenvalue weighted by Gasteiger charge is 2.22. The topological polar surface area (TPSA) is 50.8 Å². The minimum Gasteiger partial charge on any atom is -0.494 e. The fraction of sp³-hybridized carbons (Fsp3) is 0.435. The van der Waals surface area contributed by atoms with Gasteiger partial charge in [0, 0.05) is 31.1 Å². The Morgan fingerprint density at radius 3 is 2.69 bits per heavy atom. The largest absolute Gasteiger partial charge is 0.494 e. The number of carbonyl (C=O) groups is 1. The summed E-state index contributed by atoms with van der Waals surface area (Å²) in [6, 6.07) is 16.1. The fourth-order valence-corrected chi connectivity index (χ4v) is 3.57. The van der Waals surface area contributed by atoms with Crippen LogP contribution in [0, 0.1) is 6.92 Å². The molecule has 1 amide bonds. The van der Waals surface area contributed by atoms with E-state index in [1.807, 2.05) is 43.3 Å². The Morgan fingerprint density at radius 2 is 1.97 bits per heavy atom. The average Bonchev–Trinajstić information content (AvgIpc) is 2.75. The molecule has 2 aromatic carbocycles. The Balaban J connectivity index is 1.44. The predicted octanol–water partition coefficient (Wildman–Crippen LogP) is 4.00. The SMILES string of the molecule is Cc1cc(OCCCC(=O)NCC(c2ccccc2)N2CCOCC2)ccc1Cl. The molecule has 0 aliphatic carbocycles. The van der Waals surface area contributed by atoms with Gasteiger partial charge in [-0.15, -0.1) is 0 Å². The van der Waals surface area contributed by atoms with Gasteiger partial charge in [0.15, 0.2) is 0 Å². The number of carbonyl (C=O) groups excluding carboxylic acids is 1. The van der Waals surface area contributed by atoms with Crippen molar-refractivity contribution in [2.75, 3.05) is 39.5 Å². The van der Waals surface area contributed by atoms with Crippen LogP contribution in [-0.4, -0.2) is 50.3 Å².